The summed E-state index contributed by atoms with van der Waals surface area (Å²) in [6, 6.07) is 6.56. The van der Waals surface area contributed by atoms with Crippen molar-refractivity contribution in [1.82, 2.24) is 15.0 Å². The van der Waals surface area contributed by atoms with Gasteiger partial charge in [0.2, 0.25) is 0 Å². The molecular formula is C16H13ClN4O3. The van der Waals surface area contributed by atoms with Crippen LogP contribution in [0.1, 0.15) is 21.6 Å². The molecule has 2 heterocycles. The Bertz CT molecular complexity index is 1080. The van der Waals surface area contributed by atoms with E-state index in [4.69, 9.17) is 11.6 Å². The molecule has 8 heteroatoms. The van der Waals surface area contributed by atoms with Crippen molar-refractivity contribution < 1.29 is 4.79 Å². The number of benzene rings is 1. The standard InChI is InChI=1S/C16H13ClN4O3/c1-7-3-4-9(5-12(7)17)19-14(22)10-6-11-13(18-8(10)2)20-16(24)21-15(11)23/h3-6H,1-2H3,(H,19,22)(H2,18,20,21,23,24). The molecule has 0 aliphatic rings. The smallest absolute Gasteiger partial charge is 0.322 e. The highest BCUT2D eigenvalue weighted by Crippen LogP contribution is 2.21. The van der Waals surface area contributed by atoms with Crippen LogP contribution in [0.4, 0.5) is 5.69 Å². The molecule has 0 aliphatic heterocycles. The molecule has 0 unspecified atom stereocenters. The summed E-state index contributed by atoms with van der Waals surface area (Å²) in [7, 11) is 0. The lowest BCUT2D eigenvalue weighted by molar-refractivity contribution is 0.102. The molecule has 1 amide bonds. The molecule has 0 saturated heterocycles. The topological polar surface area (TPSA) is 108 Å². The second-order valence-corrected chi connectivity index (χ2v) is 5.75. The summed E-state index contributed by atoms with van der Waals surface area (Å²) in [4.78, 5) is 44.3. The third-order valence-corrected chi connectivity index (χ3v) is 4.00. The number of rotatable bonds is 2. The minimum Gasteiger partial charge on any atom is -0.322 e. The van der Waals surface area contributed by atoms with E-state index in [0.717, 1.165) is 5.56 Å². The van der Waals surface area contributed by atoms with Gasteiger partial charge in [0.25, 0.3) is 11.5 Å². The summed E-state index contributed by atoms with van der Waals surface area (Å²) in [5.74, 6) is -0.424. The number of halogens is 1. The maximum Gasteiger partial charge on any atom is 0.327 e. The lowest BCUT2D eigenvalue weighted by Crippen LogP contribution is -2.24. The molecule has 0 aliphatic carbocycles. The zero-order valence-corrected chi connectivity index (χ0v) is 13.6. The van der Waals surface area contributed by atoms with Gasteiger partial charge in [-0.05, 0) is 37.6 Å². The number of aromatic nitrogens is 3. The molecule has 122 valence electrons. The van der Waals surface area contributed by atoms with Crippen molar-refractivity contribution in [2.45, 2.75) is 13.8 Å². The van der Waals surface area contributed by atoms with Crippen LogP contribution in [0.25, 0.3) is 11.0 Å². The van der Waals surface area contributed by atoms with Gasteiger partial charge in [0, 0.05) is 10.7 Å². The number of hydrogen-bond donors (Lipinski definition) is 3. The highest BCUT2D eigenvalue weighted by Gasteiger charge is 2.14. The van der Waals surface area contributed by atoms with Crippen LogP contribution in [0.2, 0.25) is 5.02 Å². The molecule has 2 aromatic heterocycles. The molecule has 0 saturated carbocycles. The first kappa shape index (κ1) is 15.9. The predicted octanol–water partition coefficient (Wildman–Crippen LogP) is 2.13. The average molecular weight is 345 g/mol. The van der Waals surface area contributed by atoms with Crippen molar-refractivity contribution in [2.24, 2.45) is 0 Å². The fourth-order valence-electron chi connectivity index (χ4n) is 2.28. The van der Waals surface area contributed by atoms with E-state index in [1.54, 1.807) is 25.1 Å². The maximum absolute atomic E-state index is 12.5. The zero-order chi connectivity index (χ0) is 17.4. The number of amides is 1. The molecule has 3 aromatic rings. The van der Waals surface area contributed by atoms with Gasteiger partial charge in [0.05, 0.1) is 16.6 Å². The Labute approximate surface area is 140 Å². The van der Waals surface area contributed by atoms with Gasteiger partial charge >= 0.3 is 5.69 Å². The summed E-state index contributed by atoms with van der Waals surface area (Å²) in [5, 5.41) is 3.38. The van der Waals surface area contributed by atoms with Crippen LogP contribution in [0.15, 0.2) is 33.9 Å². The number of nitrogens with one attached hydrogen (secondary N) is 3. The predicted molar refractivity (Wildman–Crippen MR) is 91.9 cm³/mol. The van der Waals surface area contributed by atoms with Crippen molar-refractivity contribution in [3.63, 3.8) is 0 Å². The van der Waals surface area contributed by atoms with Gasteiger partial charge in [0.1, 0.15) is 5.65 Å². The van der Waals surface area contributed by atoms with E-state index in [0.29, 0.717) is 16.4 Å². The van der Waals surface area contributed by atoms with Gasteiger partial charge in [-0.1, -0.05) is 17.7 Å². The van der Waals surface area contributed by atoms with Gasteiger partial charge in [-0.25, -0.2) is 9.78 Å². The van der Waals surface area contributed by atoms with E-state index in [2.05, 4.69) is 20.3 Å². The van der Waals surface area contributed by atoms with Crippen LogP contribution in [0, 0.1) is 13.8 Å². The number of H-pyrrole nitrogens is 2. The van der Waals surface area contributed by atoms with Crippen LogP contribution < -0.4 is 16.6 Å². The molecule has 0 radical (unpaired) electrons. The molecule has 0 fully saturated rings. The number of aromatic amines is 2. The SMILES string of the molecule is Cc1ccc(NC(=O)c2cc3c(=O)[nH]c(=O)[nH]c3nc2C)cc1Cl. The van der Waals surface area contributed by atoms with Crippen molar-refractivity contribution >= 4 is 34.2 Å². The first-order chi connectivity index (χ1) is 11.3. The second kappa shape index (κ2) is 5.93. The fourth-order valence-corrected chi connectivity index (χ4v) is 2.46. The number of nitrogens with zero attached hydrogens (tertiary/aromatic N) is 1. The summed E-state index contributed by atoms with van der Waals surface area (Å²) in [6.07, 6.45) is 0. The van der Waals surface area contributed by atoms with Crippen molar-refractivity contribution in [3.05, 3.63) is 66.9 Å². The van der Waals surface area contributed by atoms with E-state index in [-0.39, 0.29) is 16.6 Å². The van der Waals surface area contributed by atoms with Crippen molar-refractivity contribution in [1.29, 1.82) is 0 Å². The monoisotopic (exact) mass is 344 g/mol. The molecule has 24 heavy (non-hydrogen) atoms. The first-order valence-corrected chi connectivity index (χ1v) is 7.44. The van der Waals surface area contributed by atoms with E-state index in [1.165, 1.54) is 6.07 Å². The molecule has 7 nitrogen and oxygen atoms in total. The molecule has 3 N–H and O–H groups in total. The van der Waals surface area contributed by atoms with Crippen LogP contribution in [0.3, 0.4) is 0 Å². The zero-order valence-electron chi connectivity index (χ0n) is 12.9. The van der Waals surface area contributed by atoms with Gasteiger partial charge in [0.15, 0.2) is 0 Å². The minimum absolute atomic E-state index is 0.132. The first-order valence-electron chi connectivity index (χ1n) is 7.06. The van der Waals surface area contributed by atoms with Crippen LogP contribution in [-0.2, 0) is 0 Å². The number of carbonyl (C=O) groups is 1. The second-order valence-electron chi connectivity index (χ2n) is 5.34. The third kappa shape index (κ3) is 2.93. The van der Waals surface area contributed by atoms with Gasteiger partial charge in [-0.3, -0.25) is 19.6 Å². The number of hydrogen-bond acceptors (Lipinski definition) is 4. The fraction of sp³-hybridized carbons (Fsp3) is 0.125. The molecule has 0 atom stereocenters. The molecule has 3 rings (SSSR count). The van der Waals surface area contributed by atoms with E-state index < -0.39 is 17.2 Å². The number of carbonyl (C=O) groups excluding carboxylic acids is 1. The highest BCUT2D eigenvalue weighted by atomic mass is 35.5. The van der Waals surface area contributed by atoms with Gasteiger partial charge in [-0.2, -0.15) is 0 Å². The summed E-state index contributed by atoms with van der Waals surface area (Å²) < 4.78 is 0. The number of anilines is 1. The average Bonchev–Trinajstić information content (AvgIpc) is 2.50. The number of aryl methyl sites for hydroxylation is 2. The largest absolute Gasteiger partial charge is 0.327 e. The van der Waals surface area contributed by atoms with Crippen LogP contribution in [-0.4, -0.2) is 20.9 Å². The Morgan fingerprint density at radius 3 is 2.62 bits per heavy atom. The summed E-state index contributed by atoms with van der Waals surface area (Å²) in [5.41, 5.74) is 0.936. The number of fused-ring (bicyclic) bond motifs is 1. The third-order valence-electron chi connectivity index (χ3n) is 3.59. The Hall–Kier alpha value is -2.93. The quantitative estimate of drug-likeness (QED) is 0.661. The molecule has 0 spiro atoms. The lowest BCUT2D eigenvalue weighted by Gasteiger charge is -2.09. The highest BCUT2D eigenvalue weighted by molar-refractivity contribution is 6.31. The lowest BCUT2D eigenvalue weighted by atomic mass is 10.1. The minimum atomic E-state index is -0.647. The van der Waals surface area contributed by atoms with Crippen LogP contribution >= 0.6 is 11.6 Å². The number of pyridine rings is 1. The van der Waals surface area contributed by atoms with Gasteiger partial charge in [-0.15, -0.1) is 0 Å². The van der Waals surface area contributed by atoms with Crippen LogP contribution in [0.5, 0.6) is 0 Å². The normalized spacial score (nSPS) is 10.8. The van der Waals surface area contributed by atoms with E-state index >= 15 is 0 Å². The Balaban J connectivity index is 2.03. The molecule has 1 aromatic carbocycles. The Morgan fingerprint density at radius 1 is 1.17 bits per heavy atom. The molecular weight excluding hydrogens is 332 g/mol. The van der Waals surface area contributed by atoms with E-state index in [9.17, 15) is 14.4 Å². The van der Waals surface area contributed by atoms with Crippen molar-refractivity contribution in [2.75, 3.05) is 5.32 Å². The maximum atomic E-state index is 12.5. The molecule has 0 bridgehead atoms. The summed E-state index contributed by atoms with van der Waals surface area (Å²) in [6.45, 7) is 3.48. The Morgan fingerprint density at radius 2 is 1.92 bits per heavy atom. The van der Waals surface area contributed by atoms with Crippen molar-refractivity contribution in [3.8, 4) is 0 Å². The Kier molecular flexibility index (Phi) is 3.94. The summed E-state index contributed by atoms with van der Waals surface area (Å²) >= 11 is 6.05. The van der Waals surface area contributed by atoms with Gasteiger partial charge < -0.3 is 5.32 Å². The van der Waals surface area contributed by atoms with E-state index in [1.807, 2.05) is 6.92 Å².